The molecule has 0 aliphatic carbocycles. The van der Waals surface area contributed by atoms with E-state index in [0.717, 1.165) is 0 Å². The Morgan fingerprint density at radius 1 is 1.42 bits per heavy atom. The number of benzene rings is 1. The molecular weight excluding hydrogens is 157 g/mol. The summed E-state index contributed by atoms with van der Waals surface area (Å²) in [5.74, 6) is 0.676. The van der Waals surface area contributed by atoms with Gasteiger partial charge in [-0.1, -0.05) is 12.1 Å². The van der Waals surface area contributed by atoms with Gasteiger partial charge in [0.05, 0.1) is 0 Å². The Balaban J connectivity index is 2.60. The van der Waals surface area contributed by atoms with Crippen LogP contribution < -0.4 is 10.5 Å². The Morgan fingerprint density at radius 3 is 2.92 bits per heavy atom. The van der Waals surface area contributed by atoms with Crippen LogP contribution in [0.25, 0.3) is 0 Å². The highest BCUT2D eigenvalue weighted by Crippen LogP contribution is 2.13. The van der Waals surface area contributed by atoms with Crippen LogP contribution in [-0.2, 0) is 6.67 Å². The molecule has 1 aromatic carbocycles. The number of rotatable bonds is 4. The van der Waals surface area contributed by atoms with E-state index in [2.05, 4.69) is 0 Å². The zero-order chi connectivity index (χ0) is 8.81. The Morgan fingerprint density at radius 2 is 2.25 bits per heavy atom. The van der Waals surface area contributed by atoms with E-state index in [1.54, 1.807) is 24.3 Å². The average Bonchev–Trinajstić information content (AvgIpc) is 2.15. The molecule has 0 radical (unpaired) electrons. The van der Waals surface area contributed by atoms with E-state index in [-0.39, 0.29) is 0 Å². The second-order valence-corrected chi connectivity index (χ2v) is 2.42. The summed E-state index contributed by atoms with van der Waals surface area (Å²) in [5, 5.41) is 0. The summed E-state index contributed by atoms with van der Waals surface area (Å²) < 4.78 is 17.4. The molecule has 2 N–H and O–H groups in total. The van der Waals surface area contributed by atoms with Crippen LogP contribution in [0.5, 0.6) is 5.75 Å². The third-order valence-corrected chi connectivity index (χ3v) is 1.44. The predicted molar refractivity (Wildman–Crippen MR) is 45.8 cm³/mol. The van der Waals surface area contributed by atoms with Gasteiger partial charge in [-0.25, -0.2) is 4.39 Å². The number of halogens is 1. The quantitative estimate of drug-likeness (QED) is 0.741. The summed E-state index contributed by atoms with van der Waals surface area (Å²) in [6.07, 6.45) is 0. The van der Waals surface area contributed by atoms with Gasteiger partial charge in [0.1, 0.15) is 19.0 Å². The minimum atomic E-state index is -0.459. The molecule has 3 heteroatoms. The molecule has 66 valence electrons. The fourth-order valence-electron chi connectivity index (χ4n) is 0.895. The first kappa shape index (κ1) is 9.00. The molecule has 0 saturated carbocycles. The summed E-state index contributed by atoms with van der Waals surface area (Å²) in [7, 11) is 0. The highest BCUT2D eigenvalue weighted by atomic mass is 19.1. The van der Waals surface area contributed by atoms with Gasteiger partial charge in [0.2, 0.25) is 0 Å². The standard InChI is InChI=1S/C9H12FNO/c10-7-8-2-1-3-9(6-8)12-5-4-11/h1-3,6H,4-5,7,11H2. The largest absolute Gasteiger partial charge is 0.492 e. The van der Waals surface area contributed by atoms with Crippen molar-refractivity contribution < 1.29 is 9.13 Å². The molecule has 0 unspecified atom stereocenters. The fourth-order valence-corrected chi connectivity index (χ4v) is 0.895. The van der Waals surface area contributed by atoms with Crippen molar-refractivity contribution in [1.29, 1.82) is 0 Å². The van der Waals surface area contributed by atoms with E-state index >= 15 is 0 Å². The molecule has 0 heterocycles. The van der Waals surface area contributed by atoms with Crippen LogP contribution in [-0.4, -0.2) is 13.2 Å². The number of hydrogen-bond acceptors (Lipinski definition) is 2. The maximum absolute atomic E-state index is 12.1. The monoisotopic (exact) mass is 169 g/mol. The van der Waals surface area contributed by atoms with Crippen molar-refractivity contribution in [3.8, 4) is 5.75 Å². The maximum atomic E-state index is 12.1. The molecule has 0 atom stereocenters. The first-order valence-corrected chi connectivity index (χ1v) is 3.84. The third kappa shape index (κ3) is 2.51. The molecule has 0 aliphatic heterocycles. The first-order valence-electron chi connectivity index (χ1n) is 3.84. The van der Waals surface area contributed by atoms with Crippen LogP contribution >= 0.6 is 0 Å². The molecular formula is C9H12FNO. The van der Waals surface area contributed by atoms with Gasteiger partial charge >= 0.3 is 0 Å². The van der Waals surface area contributed by atoms with Crippen LogP contribution in [0.3, 0.4) is 0 Å². The highest BCUT2D eigenvalue weighted by molar-refractivity contribution is 5.27. The van der Waals surface area contributed by atoms with Crippen molar-refractivity contribution in [2.75, 3.05) is 13.2 Å². The van der Waals surface area contributed by atoms with Gasteiger partial charge in [0.25, 0.3) is 0 Å². The molecule has 1 aromatic rings. The summed E-state index contributed by atoms with van der Waals surface area (Å²) in [4.78, 5) is 0. The number of ether oxygens (including phenoxy) is 1. The Hall–Kier alpha value is -1.09. The van der Waals surface area contributed by atoms with E-state index in [9.17, 15) is 4.39 Å². The topological polar surface area (TPSA) is 35.2 Å². The second-order valence-electron chi connectivity index (χ2n) is 2.42. The molecule has 0 saturated heterocycles. The number of nitrogens with two attached hydrogens (primary N) is 1. The minimum absolute atomic E-state index is 0.459. The fraction of sp³-hybridized carbons (Fsp3) is 0.333. The lowest BCUT2D eigenvalue weighted by atomic mass is 10.2. The zero-order valence-electron chi connectivity index (χ0n) is 6.79. The molecule has 0 bridgehead atoms. The molecule has 0 fully saturated rings. The summed E-state index contributed by atoms with van der Waals surface area (Å²) >= 11 is 0. The van der Waals surface area contributed by atoms with E-state index in [1.807, 2.05) is 0 Å². The van der Waals surface area contributed by atoms with Crippen LogP contribution in [0.4, 0.5) is 4.39 Å². The molecule has 0 spiro atoms. The Bertz CT molecular complexity index is 240. The summed E-state index contributed by atoms with van der Waals surface area (Å²) in [5.41, 5.74) is 5.88. The smallest absolute Gasteiger partial charge is 0.119 e. The van der Waals surface area contributed by atoms with Crippen molar-refractivity contribution in [1.82, 2.24) is 0 Å². The molecule has 0 amide bonds. The summed E-state index contributed by atoms with van der Waals surface area (Å²) in [6.45, 7) is 0.482. The highest BCUT2D eigenvalue weighted by Gasteiger charge is 1.94. The van der Waals surface area contributed by atoms with Crippen LogP contribution in [0.15, 0.2) is 24.3 Å². The SMILES string of the molecule is NCCOc1cccc(CF)c1. The Kier molecular flexibility index (Phi) is 3.54. The van der Waals surface area contributed by atoms with Crippen LogP contribution in [0, 0.1) is 0 Å². The van der Waals surface area contributed by atoms with E-state index in [1.165, 1.54) is 0 Å². The molecule has 2 nitrogen and oxygen atoms in total. The lowest BCUT2D eigenvalue weighted by Crippen LogP contribution is -2.10. The first-order chi connectivity index (χ1) is 5.86. The average molecular weight is 169 g/mol. The van der Waals surface area contributed by atoms with Gasteiger partial charge in [-0.05, 0) is 17.7 Å². The lowest BCUT2D eigenvalue weighted by molar-refractivity contribution is 0.327. The van der Waals surface area contributed by atoms with E-state index in [4.69, 9.17) is 10.5 Å². The molecule has 12 heavy (non-hydrogen) atoms. The van der Waals surface area contributed by atoms with Gasteiger partial charge in [0.15, 0.2) is 0 Å². The Labute approximate surface area is 71.1 Å². The lowest BCUT2D eigenvalue weighted by Gasteiger charge is -2.04. The van der Waals surface area contributed by atoms with Crippen molar-refractivity contribution in [3.63, 3.8) is 0 Å². The van der Waals surface area contributed by atoms with Crippen molar-refractivity contribution in [3.05, 3.63) is 29.8 Å². The maximum Gasteiger partial charge on any atom is 0.119 e. The van der Waals surface area contributed by atoms with E-state index in [0.29, 0.717) is 24.5 Å². The van der Waals surface area contributed by atoms with Crippen molar-refractivity contribution >= 4 is 0 Å². The van der Waals surface area contributed by atoms with Gasteiger partial charge in [-0.3, -0.25) is 0 Å². The van der Waals surface area contributed by atoms with Gasteiger partial charge in [-0.15, -0.1) is 0 Å². The normalized spacial score (nSPS) is 9.83. The number of hydrogen-bond donors (Lipinski definition) is 1. The minimum Gasteiger partial charge on any atom is -0.492 e. The van der Waals surface area contributed by atoms with Crippen LogP contribution in [0.1, 0.15) is 5.56 Å². The molecule has 1 rings (SSSR count). The van der Waals surface area contributed by atoms with Crippen molar-refractivity contribution in [2.24, 2.45) is 5.73 Å². The van der Waals surface area contributed by atoms with E-state index < -0.39 is 6.67 Å². The van der Waals surface area contributed by atoms with Gasteiger partial charge in [-0.2, -0.15) is 0 Å². The predicted octanol–water partition coefficient (Wildman–Crippen LogP) is 1.49. The number of alkyl halides is 1. The summed E-state index contributed by atoms with van der Waals surface area (Å²) in [6, 6.07) is 6.94. The molecule has 0 aromatic heterocycles. The van der Waals surface area contributed by atoms with Gasteiger partial charge < -0.3 is 10.5 Å². The zero-order valence-corrected chi connectivity index (χ0v) is 6.79. The van der Waals surface area contributed by atoms with Crippen LogP contribution in [0.2, 0.25) is 0 Å². The molecule has 0 aliphatic rings. The second kappa shape index (κ2) is 4.72. The van der Waals surface area contributed by atoms with Gasteiger partial charge in [0, 0.05) is 6.54 Å². The third-order valence-electron chi connectivity index (χ3n) is 1.44. The van der Waals surface area contributed by atoms with Crippen molar-refractivity contribution in [2.45, 2.75) is 6.67 Å².